The summed E-state index contributed by atoms with van der Waals surface area (Å²) in [4.78, 5) is 16.1. The highest BCUT2D eigenvalue weighted by atomic mass is 16.3. The molecule has 1 amide bonds. The van der Waals surface area contributed by atoms with Gasteiger partial charge in [0.15, 0.2) is 5.58 Å². The number of nitrogens with one attached hydrogen (secondary N) is 1. The van der Waals surface area contributed by atoms with E-state index in [-0.39, 0.29) is 5.91 Å². The molecule has 1 N–H and O–H groups in total. The molecule has 0 spiro atoms. The second kappa shape index (κ2) is 6.11. The van der Waals surface area contributed by atoms with E-state index >= 15 is 0 Å². The molecule has 0 aliphatic heterocycles. The van der Waals surface area contributed by atoms with Crippen LogP contribution in [0.25, 0.3) is 22.6 Å². The summed E-state index contributed by atoms with van der Waals surface area (Å²) in [7, 11) is 0. The fourth-order valence-corrected chi connectivity index (χ4v) is 2.81. The highest BCUT2D eigenvalue weighted by Gasteiger charge is 2.16. The molecular formula is C20H22N2O2. The lowest BCUT2D eigenvalue weighted by atomic mass is 9.98. The third kappa shape index (κ3) is 2.68. The van der Waals surface area contributed by atoms with Crippen molar-refractivity contribution in [3.63, 3.8) is 0 Å². The van der Waals surface area contributed by atoms with Gasteiger partial charge in [-0.2, -0.15) is 0 Å². The van der Waals surface area contributed by atoms with Crippen LogP contribution in [0.4, 0.5) is 5.69 Å². The van der Waals surface area contributed by atoms with Gasteiger partial charge in [-0.25, -0.2) is 4.98 Å². The summed E-state index contributed by atoms with van der Waals surface area (Å²) in [6.45, 7) is 10.2. The van der Waals surface area contributed by atoms with E-state index in [4.69, 9.17) is 9.40 Å². The SMILES string of the molecule is CCC(=O)Nc1ccc(-c2nc3c(C)c(C)c(C)c(C)c3o2)cc1. The zero-order valence-electron chi connectivity index (χ0n) is 14.8. The van der Waals surface area contributed by atoms with Crippen molar-refractivity contribution in [2.24, 2.45) is 0 Å². The Kier molecular flexibility index (Phi) is 4.14. The van der Waals surface area contributed by atoms with Crippen LogP contribution in [0.5, 0.6) is 0 Å². The first-order valence-corrected chi connectivity index (χ1v) is 8.19. The molecular weight excluding hydrogens is 300 g/mol. The summed E-state index contributed by atoms with van der Waals surface area (Å²) in [5, 5.41) is 2.84. The zero-order valence-corrected chi connectivity index (χ0v) is 14.8. The predicted molar refractivity (Wildman–Crippen MR) is 97.3 cm³/mol. The number of hydrogen-bond donors (Lipinski definition) is 1. The molecule has 0 radical (unpaired) electrons. The van der Waals surface area contributed by atoms with Crippen LogP contribution < -0.4 is 5.32 Å². The van der Waals surface area contributed by atoms with Gasteiger partial charge < -0.3 is 9.73 Å². The van der Waals surface area contributed by atoms with E-state index in [2.05, 4.69) is 33.0 Å². The van der Waals surface area contributed by atoms with E-state index in [1.54, 1.807) is 0 Å². The smallest absolute Gasteiger partial charge is 0.227 e. The van der Waals surface area contributed by atoms with Crippen LogP contribution in [0, 0.1) is 27.7 Å². The molecule has 0 aliphatic rings. The van der Waals surface area contributed by atoms with Gasteiger partial charge in [0.1, 0.15) is 5.52 Å². The van der Waals surface area contributed by atoms with Crippen molar-refractivity contribution in [2.45, 2.75) is 41.0 Å². The number of aryl methyl sites for hydroxylation is 2. The lowest BCUT2D eigenvalue weighted by Gasteiger charge is -2.08. The lowest BCUT2D eigenvalue weighted by molar-refractivity contribution is -0.115. The fourth-order valence-electron chi connectivity index (χ4n) is 2.81. The minimum Gasteiger partial charge on any atom is -0.436 e. The first-order chi connectivity index (χ1) is 11.4. The standard InChI is InChI=1S/C20H22N2O2/c1-6-17(23)21-16-9-7-15(8-10-16)20-22-18-13(4)11(2)12(3)14(5)19(18)24-20/h7-10H,6H2,1-5H3,(H,21,23). The molecule has 1 heterocycles. The first-order valence-electron chi connectivity index (χ1n) is 8.19. The minimum atomic E-state index is 0.00168. The summed E-state index contributed by atoms with van der Waals surface area (Å²) in [6, 6.07) is 7.57. The maximum Gasteiger partial charge on any atom is 0.227 e. The Bertz CT molecular complexity index is 876. The maximum absolute atomic E-state index is 11.5. The van der Waals surface area contributed by atoms with E-state index in [1.165, 1.54) is 11.1 Å². The number of nitrogens with zero attached hydrogens (tertiary/aromatic N) is 1. The van der Waals surface area contributed by atoms with Crippen LogP contribution in [-0.4, -0.2) is 10.9 Å². The van der Waals surface area contributed by atoms with Gasteiger partial charge in [-0.05, 0) is 74.2 Å². The maximum atomic E-state index is 11.5. The van der Waals surface area contributed by atoms with E-state index in [0.29, 0.717) is 12.3 Å². The zero-order chi connectivity index (χ0) is 17.4. The van der Waals surface area contributed by atoms with E-state index in [9.17, 15) is 4.79 Å². The average Bonchev–Trinajstić information content (AvgIpc) is 3.04. The van der Waals surface area contributed by atoms with Crippen molar-refractivity contribution in [3.8, 4) is 11.5 Å². The van der Waals surface area contributed by atoms with E-state index in [1.807, 2.05) is 31.2 Å². The largest absolute Gasteiger partial charge is 0.436 e. The summed E-state index contributed by atoms with van der Waals surface area (Å²) < 4.78 is 6.05. The van der Waals surface area contributed by atoms with Gasteiger partial charge in [0.05, 0.1) is 0 Å². The van der Waals surface area contributed by atoms with Crippen molar-refractivity contribution >= 4 is 22.7 Å². The summed E-state index contributed by atoms with van der Waals surface area (Å²) in [5.41, 5.74) is 8.27. The number of oxazole rings is 1. The van der Waals surface area contributed by atoms with Gasteiger partial charge in [0.25, 0.3) is 0 Å². The number of benzene rings is 2. The molecule has 0 atom stereocenters. The summed E-state index contributed by atoms with van der Waals surface area (Å²) >= 11 is 0. The number of carbonyl (C=O) groups is 1. The molecule has 2 aromatic carbocycles. The topological polar surface area (TPSA) is 55.1 Å². The molecule has 0 unspecified atom stereocenters. The Balaban J connectivity index is 2.03. The summed E-state index contributed by atoms with van der Waals surface area (Å²) in [5.74, 6) is 0.608. The van der Waals surface area contributed by atoms with Crippen molar-refractivity contribution in [1.29, 1.82) is 0 Å². The molecule has 4 heteroatoms. The number of fused-ring (bicyclic) bond motifs is 1. The Hall–Kier alpha value is -2.62. The monoisotopic (exact) mass is 322 g/mol. The average molecular weight is 322 g/mol. The van der Waals surface area contributed by atoms with Gasteiger partial charge >= 0.3 is 0 Å². The molecule has 0 saturated heterocycles. The highest BCUT2D eigenvalue weighted by Crippen LogP contribution is 2.32. The van der Waals surface area contributed by atoms with Crippen molar-refractivity contribution in [3.05, 3.63) is 46.5 Å². The molecule has 0 saturated carbocycles. The van der Waals surface area contributed by atoms with Crippen molar-refractivity contribution in [1.82, 2.24) is 4.98 Å². The number of amides is 1. The van der Waals surface area contributed by atoms with Crippen LogP contribution in [0.3, 0.4) is 0 Å². The number of aromatic nitrogens is 1. The Labute approximate surface area is 141 Å². The lowest BCUT2D eigenvalue weighted by Crippen LogP contribution is -2.08. The molecule has 24 heavy (non-hydrogen) atoms. The van der Waals surface area contributed by atoms with Crippen LogP contribution in [-0.2, 0) is 4.79 Å². The van der Waals surface area contributed by atoms with Crippen LogP contribution in [0.1, 0.15) is 35.6 Å². The predicted octanol–water partition coefficient (Wildman–Crippen LogP) is 5.08. The van der Waals surface area contributed by atoms with Crippen LogP contribution in [0.2, 0.25) is 0 Å². The summed E-state index contributed by atoms with van der Waals surface area (Å²) in [6.07, 6.45) is 0.462. The number of anilines is 1. The molecule has 0 aliphatic carbocycles. The Morgan fingerprint density at radius 1 is 1.00 bits per heavy atom. The molecule has 3 rings (SSSR count). The van der Waals surface area contributed by atoms with Crippen molar-refractivity contribution < 1.29 is 9.21 Å². The molecule has 4 nitrogen and oxygen atoms in total. The second-order valence-corrected chi connectivity index (χ2v) is 6.18. The third-order valence-corrected chi connectivity index (χ3v) is 4.75. The molecule has 0 fully saturated rings. The normalized spacial score (nSPS) is 11.0. The van der Waals surface area contributed by atoms with Gasteiger partial charge in [-0.1, -0.05) is 6.92 Å². The molecule has 0 bridgehead atoms. The minimum absolute atomic E-state index is 0.00168. The molecule has 3 aromatic rings. The van der Waals surface area contributed by atoms with Gasteiger partial charge in [0, 0.05) is 17.7 Å². The Morgan fingerprint density at radius 3 is 2.25 bits per heavy atom. The fraction of sp³-hybridized carbons (Fsp3) is 0.300. The molecule has 124 valence electrons. The van der Waals surface area contributed by atoms with Gasteiger partial charge in [-0.15, -0.1) is 0 Å². The number of rotatable bonds is 3. The first kappa shape index (κ1) is 16.2. The van der Waals surface area contributed by atoms with Crippen LogP contribution in [0.15, 0.2) is 28.7 Å². The van der Waals surface area contributed by atoms with Gasteiger partial charge in [0.2, 0.25) is 11.8 Å². The second-order valence-electron chi connectivity index (χ2n) is 6.18. The Morgan fingerprint density at radius 2 is 1.62 bits per heavy atom. The van der Waals surface area contributed by atoms with Crippen molar-refractivity contribution in [2.75, 3.05) is 5.32 Å². The molecule has 1 aromatic heterocycles. The number of hydrogen-bond acceptors (Lipinski definition) is 3. The van der Waals surface area contributed by atoms with Crippen LogP contribution >= 0.6 is 0 Å². The highest BCUT2D eigenvalue weighted by molar-refractivity contribution is 5.90. The quantitative estimate of drug-likeness (QED) is 0.732. The van der Waals surface area contributed by atoms with E-state index in [0.717, 1.165) is 33.5 Å². The number of carbonyl (C=O) groups excluding carboxylic acids is 1. The third-order valence-electron chi connectivity index (χ3n) is 4.75. The van der Waals surface area contributed by atoms with Gasteiger partial charge in [-0.3, -0.25) is 4.79 Å². The van der Waals surface area contributed by atoms with E-state index < -0.39 is 0 Å².